The van der Waals surface area contributed by atoms with Crippen LogP contribution in [0.3, 0.4) is 0 Å². The average molecular weight is 249 g/mol. The molecular weight excluding hydrogens is 234 g/mol. The van der Waals surface area contributed by atoms with Crippen LogP contribution in [0.5, 0.6) is 0 Å². The molecule has 2 N–H and O–H groups in total. The van der Waals surface area contributed by atoms with Gasteiger partial charge in [-0.2, -0.15) is 10.1 Å². The number of aromatic nitrogens is 4. The van der Waals surface area contributed by atoms with Gasteiger partial charge in [0.05, 0.1) is 6.20 Å². The number of nitrogens with one attached hydrogen (secondary N) is 2. The number of aryl methyl sites for hydroxylation is 3. The van der Waals surface area contributed by atoms with Crippen LogP contribution in [0.4, 0.5) is 5.82 Å². The van der Waals surface area contributed by atoms with E-state index in [4.69, 9.17) is 4.52 Å². The molecule has 18 heavy (non-hydrogen) atoms. The van der Waals surface area contributed by atoms with E-state index in [2.05, 4.69) is 25.7 Å². The molecule has 0 atom stereocenters. The summed E-state index contributed by atoms with van der Waals surface area (Å²) in [4.78, 5) is 15.7. The minimum Gasteiger partial charge on any atom is -0.339 e. The summed E-state index contributed by atoms with van der Waals surface area (Å²) in [5.74, 6) is 1.60. The molecule has 0 fully saturated rings. The summed E-state index contributed by atoms with van der Waals surface area (Å²) in [7, 11) is 0. The number of H-pyrrole nitrogens is 1. The highest BCUT2D eigenvalue weighted by atomic mass is 16.5. The largest absolute Gasteiger partial charge is 0.339 e. The Kier molecular flexibility index (Phi) is 3.71. The van der Waals surface area contributed by atoms with Crippen LogP contribution in [-0.4, -0.2) is 26.2 Å². The molecule has 2 aromatic rings. The number of carbonyl (C=O) groups excluding carboxylic acids is 1. The van der Waals surface area contributed by atoms with E-state index in [9.17, 15) is 4.79 Å². The maximum absolute atomic E-state index is 11.7. The van der Waals surface area contributed by atoms with Crippen molar-refractivity contribution in [2.45, 2.75) is 33.1 Å². The molecule has 7 nitrogen and oxygen atoms in total. The summed E-state index contributed by atoms with van der Waals surface area (Å²) in [6.45, 7) is 3.74. The molecule has 0 aliphatic heterocycles. The number of anilines is 1. The van der Waals surface area contributed by atoms with Crippen molar-refractivity contribution in [1.29, 1.82) is 0 Å². The monoisotopic (exact) mass is 249 g/mol. The maximum atomic E-state index is 11.7. The second-order valence-corrected chi connectivity index (χ2v) is 3.91. The second kappa shape index (κ2) is 5.44. The Balaban J connectivity index is 1.85. The minimum absolute atomic E-state index is 0.107. The summed E-state index contributed by atoms with van der Waals surface area (Å²) in [5, 5.41) is 13.1. The smallest absolute Gasteiger partial charge is 0.227 e. The Labute approximate surface area is 104 Å². The van der Waals surface area contributed by atoms with Crippen LogP contribution in [-0.2, 0) is 17.6 Å². The van der Waals surface area contributed by atoms with Crippen molar-refractivity contribution in [3.63, 3.8) is 0 Å². The van der Waals surface area contributed by atoms with E-state index in [1.165, 1.54) is 0 Å². The van der Waals surface area contributed by atoms with Gasteiger partial charge in [0.1, 0.15) is 5.82 Å². The minimum atomic E-state index is -0.107. The first-order valence-electron chi connectivity index (χ1n) is 5.80. The van der Waals surface area contributed by atoms with E-state index in [1.54, 1.807) is 13.1 Å². The van der Waals surface area contributed by atoms with Gasteiger partial charge in [0, 0.05) is 18.4 Å². The van der Waals surface area contributed by atoms with Crippen molar-refractivity contribution in [2.75, 3.05) is 5.32 Å². The lowest BCUT2D eigenvalue weighted by Gasteiger charge is -2.03. The van der Waals surface area contributed by atoms with Crippen molar-refractivity contribution < 1.29 is 9.32 Å². The lowest BCUT2D eigenvalue weighted by Crippen LogP contribution is -2.13. The fourth-order valence-corrected chi connectivity index (χ4v) is 1.55. The molecule has 2 heterocycles. The molecule has 2 aromatic heterocycles. The van der Waals surface area contributed by atoms with Gasteiger partial charge < -0.3 is 9.84 Å². The van der Waals surface area contributed by atoms with Crippen molar-refractivity contribution in [2.24, 2.45) is 0 Å². The molecule has 0 aromatic carbocycles. The fraction of sp³-hybridized carbons (Fsp3) is 0.455. The Hall–Kier alpha value is -2.18. The highest BCUT2D eigenvalue weighted by Gasteiger charge is 2.10. The molecule has 0 aliphatic carbocycles. The van der Waals surface area contributed by atoms with Crippen molar-refractivity contribution in [3.8, 4) is 0 Å². The number of aromatic amines is 1. The SMILES string of the molecule is CCc1cn[nH]c1NC(=O)CCc1nc(C)no1. The van der Waals surface area contributed by atoms with Gasteiger partial charge in [0.25, 0.3) is 0 Å². The van der Waals surface area contributed by atoms with E-state index in [0.29, 0.717) is 30.4 Å². The summed E-state index contributed by atoms with van der Waals surface area (Å²) in [6, 6.07) is 0. The van der Waals surface area contributed by atoms with Gasteiger partial charge in [-0.05, 0) is 13.3 Å². The van der Waals surface area contributed by atoms with Gasteiger partial charge in [-0.15, -0.1) is 0 Å². The topological polar surface area (TPSA) is 96.7 Å². The second-order valence-electron chi connectivity index (χ2n) is 3.91. The summed E-state index contributed by atoms with van der Waals surface area (Å²) < 4.78 is 4.93. The van der Waals surface area contributed by atoms with E-state index in [0.717, 1.165) is 12.0 Å². The van der Waals surface area contributed by atoms with Crippen LogP contribution < -0.4 is 5.32 Å². The maximum Gasteiger partial charge on any atom is 0.227 e. The molecule has 1 amide bonds. The normalized spacial score (nSPS) is 10.6. The quantitative estimate of drug-likeness (QED) is 0.830. The molecule has 0 unspecified atom stereocenters. The molecule has 96 valence electrons. The molecule has 0 saturated carbocycles. The zero-order valence-corrected chi connectivity index (χ0v) is 10.4. The van der Waals surface area contributed by atoms with Crippen molar-refractivity contribution in [3.05, 3.63) is 23.5 Å². The van der Waals surface area contributed by atoms with E-state index in [-0.39, 0.29) is 5.91 Å². The van der Waals surface area contributed by atoms with Crippen LogP contribution in [0.25, 0.3) is 0 Å². The number of hydrogen-bond acceptors (Lipinski definition) is 5. The predicted octanol–water partition coefficient (Wildman–Crippen LogP) is 1.23. The molecule has 0 aliphatic rings. The Morgan fingerprint density at radius 1 is 1.56 bits per heavy atom. The molecular formula is C11H15N5O2. The molecule has 0 saturated heterocycles. The van der Waals surface area contributed by atoms with Crippen molar-refractivity contribution in [1.82, 2.24) is 20.3 Å². The van der Waals surface area contributed by atoms with Crippen LogP contribution in [0.2, 0.25) is 0 Å². The van der Waals surface area contributed by atoms with Crippen LogP contribution in [0.15, 0.2) is 10.7 Å². The first-order chi connectivity index (χ1) is 8.69. The highest BCUT2D eigenvalue weighted by Crippen LogP contribution is 2.11. The van der Waals surface area contributed by atoms with Gasteiger partial charge in [-0.1, -0.05) is 12.1 Å². The Bertz CT molecular complexity index is 531. The van der Waals surface area contributed by atoms with E-state index >= 15 is 0 Å². The lowest BCUT2D eigenvalue weighted by molar-refractivity contribution is -0.116. The zero-order valence-electron chi connectivity index (χ0n) is 10.4. The third-order valence-corrected chi connectivity index (χ3v) is 2.50. The van der Waals surface area contributed by atoms with Crippen molar-refractivity contribution >= 4 is 11.7 Å². The fourth-order valence-electron chi connectivity index (χ4n) is 1.55. The summed E-state index contributed by atoms with van der Waals surface area (Å²) >= 11 is 0. The van der Waals surface area contributed by atoms with Gasteiger partial charge in [0.2, 0.25) is 11.8 Å². The van der Waals surface area contributed by atoms with Gasteiger partial charge in [-0.25, -0.2) is 0 Å². The van der Waals surface area contributed by atoms with Gasteiger partial charge >= 0.3 is 0 Å². The molecule has 0 spiro atoms. The predicted molar refractivity (Wildman–Crippen MR) is 64.0 cm³/mol. The molecule has 2 rings (SSSR count). The number of amides is 1. The van der Waals surface area contributed by atoms with Crippen LogP contribution in [0.1, 0.15) is 30.6 Å². The van der Waals surface area contributed by atoms with Gasteiger partial charge in [0.15, 0.2) is 5.82 Å². The van der Waals surface area contributed by atoms with E-state index in [1.807, 2.05) is 6.92 Å². The third-order valence-electron chi connectivity index (χ3n) is 2.50. The third kappa shape index (κ3) is 2.93. The summed E-state index contributed by atoms with van der Waals surface area (Å²) in [5.41, 5.74) is 0.983. The molecule has 0 bridgehead atoms. The Morgan fingerprint density at radius 2 is 2.39 bits per heavy atom. The zero-order chi connectivity index (χ0) is 13.0. The first kappa shape index (κ1) is 12.3. The summed E-state index contributed by atoms with van der Waals surface area (Å²) in [6.07, 6.45) is 3.25. The molecule has 0 radical (unpaired) electrons. The number of hydrogen-bond donors (Lipinski definition) is 2. The van der Waals surface area contributed by atoms with Crippen LogP contribution in [0, 0.1) is 6.92 Å². The van der Waals surface area contributed by atoms with Crippen LogP contribution >= 0.6 is 0 Å². The number of carbonyl (C=O) groups is 1. The van der Waals surface area contributed by atoms with E-state index < -0.39 is 0 Å². The first-order valence-corrected chi connectivity index (χ1v) is 5.80. The standard InChI is InChI=1S/C11H15N5O2/c1-3-8-6-12-15-11(8)14-9(17)4-5-10-13-7(2)16-18-10/h6H,3-5H2,1-2H3,(H2,12,14,15,17). The number of rotatable bonds is 5. The number of nitrogens with zero attached hydrogens (tertiary/aromatic N) is 3. The average Bonchev–Trinajstić information content (AvgIpc) is 2.95. The molecule has 7 heteroatoms. The lowest BCUT2D eigenvalue weighted by atomic mass is 10.2. The Morgan fingerprint density at radius 3 is 3.06 bits per heavy atom. The highest BCUT2D eigenvalue weighted by molar-refractivity contribution is 5.90. The van der Waals surface area contributed by atoms with Gasteiger partial charge in [-0.3, -0.25) is 9.89 Å².